The first-order chi connectivity index (χ1) is 8.08. The van der Waals surface area contributed by atoms with E-state index in [9.17, 15) is 13.2 Å². The number of halogens is 3. The Morgan fingerprint density at radius 2 is 1.94 bits per heavy atom. The minimum Gasteiger partial charge on any atom is -0.364 e. The van der Waals surface area contributed by atoms with Crippen LogP contribution in [0.3, 0.4) is 0 Å². The van der Waals surface area contributed by atoms with Crippen LogP contribution >= 0.6 is 11.3 Å². The molecule has 0 saturated carbocycles. The summed E-state index contributed by atoms with van der Waals surface area (Å²) in [6.07, 6.45) is 0. The first-order valence-corrected chi connectivity index (χ1v) is 5.62. The first-order valence-electron chi connectivity index (χ1n) is 4.74. The normalized spacial score (nSPS) is 10.6. The Kier molecular flexibility index (Phi) is 3.33. The molecule has 1 heterocycles. The van der Waals surface area contributed by atoms with Crippen LogP contribution in [0.5, 0.6) is 0 Å². The molecule has 1 aromatic carbocycles. The SMILES string of the molecule is CN(Cc1cs[c]n1)c1c(F)cc(F)cc1F. The van der Waals surface area contributed by atoms with E-state index in [2.05, 4.69) is 10.5 Å². The molecular formula is C11H8F3N2S. The van der Waals surface area contributed by atoms with E-state index in [1.807, 2.05) is 0 Å². The first kappa shape index (κ1) is 11.9. The number of thiazole rings is 1. The minimum atomic E-state index is -0.931. The van der Waals surface area contributed by atoms with Crippen molar-refractivity contribution in [3.05, 3.63) is 46.2 Å². The van der Waals surface area contributed by atoms with Gasteiger partial charge in [-0.2, -0.15) is 0 Å². The summed E-state index contributed by atoms with van der Waals surface area (Å²) in [5.41, 5.74) is 3.03. The predicted molar refractivity (Wildman–Crippen MR) is 59.4 cm³/mol. The lowest BCUT2D eigenvalue weighted by molar-refractivity contribution is 0.539. The Morgan fingerprint density at radius 3 is 2.47 bits per heavy atom. The third kappa shape index (κ3) is 2.58. The fraction of sp³-hybridized carbons (Fsp3) is 0.182. The molecule has 0 spiro atoms. The summed E-state index contributed by atoms with van der Waals surface area (Å²) in [4.78, 5) is 5.23. The number of anilines is 1. The van der Waals surface area contributed by atoms with Gasteiger partial charge in [0, 0.05) is 24.6 Å². The van der Waals surface area contributed by atoms with Crippen LogP contribution in [0.2, 0.25) is 0 Å². The van der Waals surface area contributed by atoms with Crippen LogP contribution in [0, 0.1) is 23.0 Å². The third-order valence-electron chi connectivity index (χ3n) is 2.20. The van der Waals surface area contributed by atoms with Crippen molar-refractivity contribution in [3.8, 4) is 0 Å². The van der Waals surface area contributed by atoms with Gasteiger partial charge >= 0.3 is 0 Å². The second kappa shape index (κ2) is 4.75. The van der Waals surface area contributed by atoms with Crippen LogP contribution in [0.1, 0.15) is 5.69 Å². The van der Waals surface area contributed by atoms with Crippen LogP contribution in [0.4, 0.5) is 18.9 Å². The number of aromatic nitrogens is 1. The molecule has 2 nitrogen and oxygen atoms in total. The van der Waals surface area contributed by atoms with Gasteiger partial charge in [-0.05, 0) is 0 Å². The van der Waals surface area contributed by atoms with Crippen molar-refractivity contribution < 1.29 is 13.2 Å². The fourth-order valence-corrected chi connectivity index (χ4v) is 1.99. The molecule has 0 fully saturated rings. The Bertz CT molecular complexity index is 490. The molecule has 1 radical (unpaired) electrons. The minimum absolute atomic E-state index is 0.236. The van der Waals surface area contributed by atoms with Gasteiger partial charge in [0.05, 0.1) is 12.2 Å². The van der Waals surface area contributed by atoms with Gasteiger partial charge in [0.25, 0.3) is 0 Å². The van der Waals surface area contributed by atoms with Crippen LogP contribution < -0.4 is 4.90 Å². The zero-order valence-corrected chi connectivity index (χ0v) is 9.69. The Hall–Kier alpha value is -1.56. The quantitative estimate of drug-likeness (QED) is 0.840. The number of nitrogens with zero attached hydrogens (tertiary/aromatic N) is 2. The van der Waals surface area contributed by atoms with Crippen molar-refractivity contribution in [2.75, 3.05) is 11.9 Å². The van der Waals surface area contributed by atoms with Gasteiger partial charge in [-0.3, -0.25) is 0 Å². The van der Waals surface area contributed by atoms with Gasteiger partial charge in [-0.25, -0.2) is 18.2 Å². The van der Waals surface area contributed by atoms with E-state index in [0.29, 0.717) is 17.8 Å². The molecule has 6 heteroatoms. The third-order valence-corrected chi connectivity index (χ3v) is 2.79. The van der Waals surface area contributed by atoms with E-state index >= 15 is 0 Å². The summed E-state index contributed by atoms with van der Waals surface area (Å²) < 4.78 is 39.6. The van der Waals surface area contributed by atoms with Crippen LogP contribution in [0.25, 0.3) is 0 Å². The fourth-order valence-electron chi connectivity index (χ4n) is 1.50. The van der Waals surface area contributed by atoms with E-state index < -0.39 is 17.5 Å². The highest BCUT2D eigenvalue weighted by Gasteiger charge is 2.16. The summed E-state index contributed by atoms with van der Waals surface area (Å²) in [7, 11) is 1.51. The van der Waals surface area contributed by atoms with Gasteiger partial charge in [0.1, 0.15) is 11.5 Å². The van der Waals surface area contributed by atoms with E-state index in [4.69, 9.17) is 0 Å². The zero-order valence-electron chi connectivity index (χ0n) is 8.88. The monoisotopic (exact) mass is 257 g/mol. The molecule has 2 rings (SSSR count). The largest absolute Gasteiger partial charge is 0.364 e. The van der Waals surface area contributed by atoms with Gasteiger partial charge in [-0.1, -0.05) is 0 Å². The molecule has 0 bridgehead atoms. The molecule has 0 amide bonds. The molecule has 0 aliphatic rings. The van der Waals surface area contributed by atoms with Gasteiger partial charge in [0.15, 0.2) is 17.1 Å². The number of hydrogen-bond donors (Lipinski definition) is 0. The zero-order chi connectivity index (χ0) is 12.4. The van der Waals surface area contributed by atoms with Crippen LogP contribution in [-0.2, 0) is 6.54 Å². The number of benzene rings is 1. The molecule has 0 N–H and O–H groups in total. The van der Waals surface area contributed by atoms with Gasteiger partial charge in [0.2, 0.25) is 0 Å². The Morgan fingerprint density at radius 1 is 1.29 bits per heavy atom. The molecule has 0 aliphatic heterocycles. The van der Waals surface area contributed by atoms with Crippen LogP contribution in [0.15, 0.2) is 17.5 Å². The van der Waals surface area contributed by atoms with Gasteiger partial charge in [-0.15, -0.1) is 11.3 Å². The van der Waals surface area contributed by atoms with Crippen molar-refractivity contribution in [1.29, 1.82) is 0 Å². The lowest BCUT2D eigenvalue weighted by Crippen LogP contribution is -2.19. The summed E-state index contributed by atoms with van der Waals surface area (Å²) >= 11 is 1.28. The summed E-state index contributed by atoms with van der Waals surface area (Å²) in [5, 5.41) is 1.73. The molecule has 0 atom stereocenters. The molecule has 1 aromatic heterocycles. The average molecular weight is 257 g/mol. The second-order valence-corrected chi connectivity index (χ2v) is 4.16. The smallest absolute Gasteiger partial charge is 0.152 e. The van der Waals surface area contributed by atoms with E-state index in [1.54, 1.807) is 5.38 Å². The van der Waals surface area contributed by atoms with E-state index in [-0.39, 0.29) is 12.2 Å². The lowest BCUT2D eigenvalue weighted by atomic mass is 10.2. The van der Waals surface area contributed by atoms with Crippen molar-refractivity contribution in [3.63, 3.8) is 0 Å². The predicted octanol–water partition coefficient (Wildman–Crippen LogP) is 3.00. The molecular weight excluding hydrogens is 249 g/mol. The van der Waals surface area contributed by atoms with Crippen molar-refractivity contribution in [1.82, 2.24) is 4.98 Å². The number of hydrogen-bond acceptors (Lipinski definition) is 3. The highest BCUT2D eigenvalue weighted by molar-refractivity contribution is 7.07. The Balaban J connectivity index is 2.27. The van der Waals surface area contributed by atoms with Gasteiger partial charge < -0.3 is 4.90 Å². The highest BCUT2D eigenvalue weighted by atomic mass is 32.1. The molecule has 0 aliphatic carbocycles. The van der Waals surface area contributed by atoms with Crippen molar-refractivity contribution >= 4 is 17.0 Å². The second-order valence-electron chi connectivity index (χ2n) is 3.50. The molecule has 0 saturated heterocycles. The van der Waals surface area contributed by atoms with E-state index in [1.165, 1.54) is 23.3 Å². The summed E-state index contributed by atoms with van der Waals surface area (Å²) in [6.45, 7) is 0.236. The molecule has 0 unspecified atom stereocenters. The maximum absolute atomic E-state index is 13.4. The summed E-state index contributed by atoms with van der Waals surface area (Å²) in [6, 6.07) is 1.31. The van der Waals surface area contributed by atoms with Crippen molar-refractivity contribution in [2.45, 2.75) is 6.54 Å². The maximum atomic E-state index is 13.4. The topological polar surface area (TPSA) is 16.1 Å². The highest BCUT2D eigenvalue weighted by Crippen LogP contribution is 2.24. The van der Waals surface area contributed by atoms with Crippen molar-refractivity contribution in [2.24, 2.45) is 0 Å². The molecule has 17 heavy (non-hydrogen) atoms. The standard InChI is InChI=1S/C11H8F3N2S/c1-16(4-8-5-17-6-15-8)11-9(13)2-7(12)3-10(11)14/h2-3,5H,4H2,1H3. The average Bonchev–Trinajstić information content (AvgIpc) is 2.68. The lowest BCUT2D eigenvalue weighted by Gasteiger charge is -2.19. The molecule has 2 aromatic rings. The number of rotatable bonds is 3. The maximum Gasteiger partial charge on any atom is 0.152 e. The van der Waals surface area contributed by atoms with E-state index in [0.717, 1.165) is 0 Å². The van der Waals surface area contributed by atoms with Crippen LogP contribution in [-0.4, -0.2) is 12.0 Å². The Labute approximate surface area is 100 Å². The summed E-state index contributed by atoms with van der Waals surface area (Å²) in [5.74, 6) is -2.78. The molecule has 89 valence electrons.